The first-order valence-corrected chi connectivity index (χ1v) is 9.04. The van der Waals surface area contributed by atoms with Gasteiger partial charge in [-0.15, -0.1) is 0 Å². The SMILES string of the molecule is CC(=O)c1cc(C(C)=O)c2ccc3c(C(C)=O)cc(C(C)=O)c4ccc1c2c43. The molecule has 0 bridgehead atoms. The van der Waals surface area contributed by atoms with E-state index in [0.29, 0.717) is 22.3 Å². The van der Waals surface area contributed by atoms with Crippen LogP contribution in [-0.2, 0) is 0 Å². The van der Waals surface area contributed by atoms with Crippen LogP contribution >= 0.6 is 0 Å². The molecule has 0 aliphatic rings. The zero-order valence-electron chi connectivity index (χ0n) is 16.1. The van der Waals surface area contributed by atoms with E-state index in [1.165, 1.54) is 27.7 Å². The minimum absolute atomic E-state index is 0.140. The highest BCUT2D eigenvalue weighted by Crippen LogP contribution is 2.40. The molecule has 0 heterocycles. The third kappa shape index (κ3) is 2.38. The molecule has 4 rings (SSSR count). The van der Waals surface area contributed by atoms with E-state index in [4.69, 9.17) is 0 Å². The first-order valence-electron chi connectivity index (χ1n) is 9.04. The Morgan fingerprint density at radius 1 is 0.464 bits per heavy atom. The summed E-state index contributed by atoms with van der Waals surface area (Å²) < 4.78 is 0. The Labute approximate surface area is 161 Å². The van der Waals surface area contributed by atoms with Gasteiger partial charge in [-0.25, -0.2) is 0 Å². The predicted molar refractivity (Wildman–Crippen MR) is 110 cm³/mol. The van der Waals surface area contributed by atoms with Crippen LogP contribution in [0, 0.1) is 0 Å². The topological polar surface area (TPSA) is 68.3 Å². The van der Waals surface area contributed by atoms with Crippen LogP contribution < -0.4 is 0 Å². The second-order valence-electron chi connectivity index (χ2n) is 7.24. The summed E-state index contributed by atoms with van der Waals surface area (Å²) in [4.78, 5) is 49.2. The van der Waals surface area contributed by atoms with Crippen molar-refractivity contribution in [1.82, 2.24) is 0 Å². The van der Waals surface area contributed by atoms with Gasteiger partial charge in [-0.1, -0.05) is 24.3 Å². The summed E-state index contributed by atoms with van der Waals surface area (Å²) in [5.41, 5.74) is 1.85. The monoisotopic (exact) mass is 370 g/mol. The molecular weight excluding hydrogens is 352 g/mol. The molecule has 0 aliphatic carbocycles. The van der Waals surface area contributed by atoms with Gasteiger partial charge in [-0.3, -0.25) is 19.2 Å². The second kappa shape index (κ2) is 6.06. The van der Waals surface area contributed by atoms with Crippen molar-refractivity contribution >= 4 is 55.5 Å². The van der Waals surface area contributed by atoms with Crippen molar-refractivity contribution in [3.8, 4) is 0 Å². The van der Waals surface area contributed by atoms with E-state index in [9.17, 15) is 19.2 Å². The molecule has 0 fully saturated rings. The zero-order chi connectivity index (χ0) is 20.3. The van der Waals surface area contributed by atoms with Crippen molar-refractivity contribution in [2.75, 3.05) is 0 Å². The van der Waals surface area contributed by atoms with Gasteiger partial charge in [0.15, 0.2) is 23.1 Å². The molecule has 0 aliphatic heterocycles. The number of rotatable bonds is 4. The Morgan fingerprint density at radius 3 is 0.857 bits per heavy atom. The maximum atomic E-state index is 12.3. The van der Waals surface area contributed by atoms with E-state index < -0.39 is 0 Å². The molecule has 0 saturated carbocycles. The molecule has 0 unspecified atom stereocenters. The summed E-state index contributed by atoms with van der Waals surface area (Å²) in [5.74, 6) is -0.559. The van der Waals surface area contributed by atoms with E-state index in [1.54, 1.807) is 12.1 Å². The smallest absolute Gasteiger partial charge is 0.160 e. The van der Waals surface area contributed by atoms with Gasteiger partial charge in [0.1, 0.15) is 0 Å². The molecule has 28 heavy (non-hydrogen) atoms. The summed E-state index contributed by atoms with van der Waals surface area (Å²) in [6.07, 6.45) is 0. The number of hydrogen-bond acceptors (Lipinski definition) is 4. The van der Waals surface area contributed by atoms with Crippen molar-refractivity contribution in [2.24, 2.45) is 0 Å². The van der Waals surface area contributed by atoms with E-state index in [0.717, 1.165) is 32.3 Å². The molecule has 4 aromatic rings. The van der Waals surface area contributed by atoms with Gasteiger partial charge in [0.25, 0.3) is 0 Å². The number of carbonyl (C=O) groups excluding carboxylic acids is 4. The summed E-state index contributed by atoms with van der Waals surface area (Å²) in [7, 11) is 0. The highest BCUT2D eigenvalue weighted by molar-refractivity contribution is 6.33. The molecule has 0 N–H and O–H groups in total. The largest absolute Gasteiger partial charge is 0.294 e. The first-order chi connectivity index (χ1) is 13.2. The van der Waals surface area contributed by atoms with Crippen molar-refractivity contribution in [1.29, 1.82) is 0 Å². The van der Waals surface area contributed by atoms with Crippen LogP contribution in [0.1, 0.15) is 69.1 Å². The predicted octanol–water partition coefficient (Wildman–Crippen LogP) is 5.39. The van der Waals surface area contributed by atoms with E-state index in [1.807, 2.05) is 24.3 Å². The Kier molecular flexibility index (Phi) is 3.89. The van der Waals surface area contributed by atoms with E-state index in [-0.39, 0.29) is 23.1 Å². The minimum atomic E-state index is -0.140. The lowest BCUT2D eigenvalue weighted by molar-refractivity contribution is 0.0999. The van der Waals surface area contributed by atoms with E-state index >= 15 is 0 Å². The van der Waals surface area contributed by atoms with Gasteiger partial charge in [-0.05, 0) is 72.1 Å². The lowest BCUT2D eigenvalue weighted by Gasteiger charge is -2.18. The first kappa shape index (κ1) is 18.0. The Hall–Kier alpha value is -3.40. The zero-order valence-corrected chi connectivity index (χ0v) is 16.1. The fraction of sp³-hybridized carbons (Fsp3) is 0.167. The summed E-state index contributed by atoms with van der Waals surface area (Å²) in [6, 6.07) is 10.6. The van der Waals surface area contributed by atoms with Crippen LogP contribution in [-0.4, -0.2) is 23.1 Å². The highest BCUT2D eigenvalue weighted by Gasteiger charge is 2.22. The third-order valence-electron chi connectivity index (χ3n) is 5.42. The molecular formula is C24H18O4. The van der Waals surface area contributed by atoms with Crippen LogP contribution in [0.4, 0.5) is 0 Å². The highest BCUT2D eigenvalue weighted by atomic mass is 16.1. The van der Waals surface area contributed by atoms with Gasteiger partial charge >= 0.3 is 0 Å². The molecule has 0 radical (unpaired) electrons. The number of carbonyl (C=O) groups is 4. The maximum Gasteiger partial charge on any atom is 0.160 e. The van der Waals surface area contributed by atoms with Crippen molar-refractivity contribution in [3.63, 3.8) is 0 Å². The number of Topliss-reactive ketones (excluding diaryl/α,β-unsaturated/α-hetero) is 4. The Balaban J connectivity index is 2.40. The summed E-state index contributed by atoms with van der Waals surface area (Å²) in [6.45, 7) is 5.88. The summed E-state index contributed by atoms with van der Waals surface area (Å²) in [5, 5.41) is 4.39. The van der Waals surface area contributed by atoms with Crippen LogP contribution in [0.2, 0.25) is 0 Å². The fourth-order valence-corrected chi connectivity index (χ4v) is 4.16. The molecule has 138 valence electrons. The number of benzene rings is 4. The molecule has 0 amide bonds. The maximum absolute atomic E-state index is 12.3. The average molecular weight is 370 g/mol. The normalized spacial score (nSPS) is 11.4. The van der Waals surface area contributed by atoms with Crippen LogP contribution in [0.25, 0.3) is 32.3 Å². The second-order valence-corrected chi connectivity index (χ2v) is 7.24. The molecule has 0 aromatic heterocycles. The minimum Gasteiger partial charge on any atom is -0.294 e. The van der Waals surface area contributed by atoms with Crippen molar-refractivity contribution < 1.29 is 19.2 Å². The van der Waals surface area contributed by atoms with Gasteiger partial charge < -0.3 is 0 Å². The molecule has 0 spiro atoms. The lowest BCUT2D eigenvalue weighted by atomic mass is 9.84. The quantitative estimate of drug-likeness (QED) is 0.356. The van der Waals surface area contributed by atoms with Crippen LogP contribution in [0.5, 0.6) is 0 Å². The lowest BCUT2D eigenvalue weighted by Crippen LogP contribution is -2.05. The molecule has 4 heteroatoms. The summed E-state index contributed by atoms with van der Waals surface area (Å²) >= 11 is 0. The molecule has 4 aromatic carbocycles. The number of ketones is 4. The Bertz CT molecular complexity index is 1160. The van der Waals surface area contributed by atoms with Crippen LogP contribution in [0.15, 0.2) is 36.4 Å². The van der Waals surface area contributed by atoms with Gasteiger partial charge in [0.2, 0.25) is 0 Å². The van der Waals surface area contributed by atoms with Crippen molar-refractivity contribution in [3.05, 3.63) is 58.7 Å². The third-order valence-corrected chi connectivity index (χ3v) is 5.42. The Morgan fingerprint density at radius 2 is 0.679 bits per heavy atom. The van der Waals surface area contributed by atoms with E-state index in [2.05, 4.69) is 0 Å². The van der Waals surface area contributed by atoms with Gasteiger partial charge in [0.05, 0.1) is 0 Å². The molecule has 4 nitrogen and oxygen atoms in total. The fourth-order valence-electron chi connectivity index (χ4n) is 4.16. The molecule has 0 atom stereocenters. The molecule has 0 saturated heterocycles. The van der Waals surface area contributed by atoms with Crippen molar-refractivity contribution in [2.45, 2.75) is 27.7 Å². The standard InChI is InChI=1S/C24H18O4/c1-11(25)19-9-20(12(2)26)16-7-8-18-22(14(4)28)10-21(13(3)27)17-6-5-15(19)23(16)24(17)18/h5-10H,1-4H3. The van der Waals surface area contributed by atoms with Crippen LogP contribution in [0.3, 0.4) is 0 Å². The van der Waals surface area contributed by atoms with Gasteiger partial charge in [-0.2, -0.15) is 0 Å². The average Bonchev–Trinajstić information content (AvgIpc) is 2.64. The number of hydrogen-bond donors (Lipinski definition) is 0. The van der Waals surface area contributed by atoms with Gasteiger partial charge in [0, 0.05) is 22.3 Å².